The SMILES string of the molecule is FC(F)(F)c1ncccc1OC[C@@H]1[C@H]2CN(c3cncc(-c4nncs4)n3)C[C@@H]12. The number of ether oxygens (including phenoxy) is 1. The minimum absolute atomic E-state index is 0.211. The van der Waals surface area contributed by atoms with Crippen LogP contribution < -0.4 is 9.64 Å². The summed E-state index contributed by atoms with van der Waals surface area (Å²) in [4.78, 5) is 14.4. The lowest BCUT2D eigenvalue weighted by molar-refractivity contribution is -0.142. The highest BCUT2D eigenvalue weighted by atomic mass is 32.1. The third kappa shape index (κ3) is 3.50. The van der Waals surface area contributed by atoms with Gasteiger partial charge in [-0.05, 0) is 24.0 Å². The van der Waals surface area contributed by atoms with Gasteiger partial charge in [-0.15, -0.1) is 10.2 Å². The van der Waals surface area contributed by atoms with E-state index in [1.165, 1.54) is 23.5 Å². The second kappa shape index (κ2) is 6.90. The van der Waals surface area contributed by atoms with E-state index in [0.717, 1.165) is 25.1 Å². The fourth-order valence-corrected chi connectivity index (χ4v) is 4.39. The Morgan fingerprint density at radius 3 is 2.76 bits per heavy atom. The molecule has 2 fully saturated rings. The number of nitrogens with zero attached hydrogens (tertiary/aromatic N) is 6. The summed E-state index contributed by atoms with van der Waals surface area (Å²) in [7, 11) is 0. The summed E-state index contributed by atoms with van der Waals surface area (Å²) in [6.07, 6.45) is -0.0323. The Bertz CT molecular complexity index is 1000. The standard InChI is InChI=1S/C18H15F3N6OS/c19-18(20,21)16-14(2-1-3-23-16)28-8-12-10-6-27(7-11(10)12)15-5-22-4-13(25-15)17-26-24-9-29-17/h1-5,9-12H,6-8H2/t10-,11+,12+. The number of hydrogen-bond donors (Lipinski definition) is 0. The molecule has 0 unspecified atom stereocenters. The number of fused-ring (bicyclic) bond motifs is 1. The van der Waals surface area contributed by atoms with Crippen LogP contribution in [0.5, 0.6) is 5.75 Å². The normalized spacial score (nSPS) is 23.1. The number of rotatable bonds is 5. The van der Waals surface area contributed by atoms with Crippen LogP contribution in [0.25, 0.3) is 10.7 Å². The van der Waals surface area contributed by atoms with Gasteiger partial charge in [-0.1, -0.05) is 11.3 Å². The molecule has 3 aromatic heterocycles. The number of pyridine rings is 1. The molecule has 3 aromatic rings. The van der Waals surface area contributed by atoms with Crippen molar-refractivity contribution in [3.8, 4) is 16.5 Å². The zero-order valence-corrected chi connectivity index (χ0v) is 15.8. The Kier molecular flexibility index (Phi) is 4.34. The molecule has 0 radical (unpaired) electrons. The first kappa shape index (κ1) is 18.2. The molecule has 1 saturated carbocycles. The molecule has 1 aliphatic heterocycles. The van der Waals surface area contributed by atoms with Crippen LogP contribution in [0, 0.1) is 17.8 Å². The zero-order chi connectivity index (χ0) is 20.0. The third-order valence-electron chi connectivity index (χ3n) is 5.37. The molecular weight excluding hydrogens is 405 g/mol. The Morgan fingerprint density at radius 1 is 1.21 bits per heavy atom. The van der Waals surface area contributed by atoms with Gasteiger partial charge in [0, 0.05) is 25.2 Å². The molecule has 0 aromatic carbocycles. The van der Waals surface area contributed by atoms with Gasteiger partial charge < -0.3 is 9.64 Å². The van der Waals surface area contributed by atoms with Crippen molar-refractivity contribution in [2.45, 2.75) is 6.18 Å². The smallest absolute Gasteiger partial charge is 0.437 e. The van der Waals surface area contributed by atoms with Crippen molar-refractivity contribution in [2.75, 3.05) is 24.6 Å². The summed E-state index contributed by atoms with van der Waals surface area (Å²) >= 11 is 1.40. The average Bonchev–Trinajstić information content (AvgIpc) is 3.14. The Morgan fingerprint density at radius 2 is 2.03 bits per heavy atom. The van der Waals surface area contributed by atoms with Crippen LogP contribution in [0.4, 0.5) is 19.0 Å². The maximum atomic E-state index is 13.0. The number of halogens is 3. The highest BCUT2D eigenvalue weighted by Gasteiger charge is 2.56. The largest absolute Gasteiger partial charge is 0.491 e. The van der Waals surface area contributed by atoms with E-state index in [0.29, 0.717) is 22.5 Å². The van der Waals surface area contributed by atoms with E-state index in [9.17, 15) is 13.2 Å². The van der Waals surface area contributed by atoms with Crippen molar-refractivity contribution in [1.29, 1.82) is 0 Å². The maximum absolute atomic E-state index is 13.0. The highest BCUT2D eigenvalue weighted by molar-refractivity contribution is 7.12. The first-order valence-electron chi connectivity index (χ1n) is 8.99. The summed E-state index contributed by atoms with van der Waals surface area (Å²) < 4.78 is 44.6. The van der Waals surface area contributed by atoms with Gasteiger partial charge >= 0.3 is 6.18 Å². The Balaban J connectivity index is 1.20. The fraction of sp³-hybridized carbons (Fsp3) is 0.389. The van der Waals surface area contributed by atoms with Gasteiger partial charge in [-0.3, -0.25) is 4.98 Å². The summed E-state index contributed by atoms with van der Waals surface area (Å²) in [5, 5.41) is 8.55. The second-order valence-electron chi connectivity index (χ2n) is 7.06. The third-order valence-corrected chi connectivity index (χ3v) is 6.08. The van der Waals surface area contributed by atoms with Crippen molar-refractivity contribution in [2.24, 2.45) is 17.8 Å². The summed E-state index contributed by atoms with van der Waals surface area (Å²) in [5.74, 6) is 1.57. The number of hydrogen-bond acceptors (Lipinski definition) is 8. The average molecular weight is 420 g/mol. The van der Waals surface area contributed by atoms with E-state index < -0.39 is 11.9 Å². The first-order valence-corrected chi connectivity index (χ1v) is 9.87. The maximum Gasteiger partial charge on any atom is 0.437 e. The lowest BCUT2D eigenvalue weighted by Gasteiger charge is -2.21. The van der Waals surface area contributed by atoms with Crippen molar-refractivity contribution in [3.05, 3.63) is 41.9 Å². The molecule has 11 heteroatoms. The predicted octanol–water partition coefficient (Wildman–Crippen LogP) is 3.17. The molecule has 0 N–H and O–H groups in total. The van der Waals surface area contributed by atoms with Crippen LogP contribution in [-0.4, -0.2) is 44.8 Å². The molecule has 7 nitrogen and oxygen atoms in total. The van der Waals surface area contributed by atoms with Crippen LogP contribution in [0.3, 0.4) is 0 Å². The summed E-state index contributed by atoms with van der Waals surface area (Å²) in [6, 6.07) is 2.76. The second-order valence-corrected chi connectivity index (χ2v) is 7.90. The molecule has 5 rings (SSSR count). The van der Waals surface area contributed by atoms with Crippen LogP contribution in [0.1, 0.15) is 5.69 Å². The lowest BCUT2D eigenvalue weighted by Crippen LogP contribution is -2.26. The number of piperidine rings is 1. The van der Waals surface area contributed by atoms with Gasteiger partial charge in [0.25, 0.3) is 0 Å². The predicted molar refractivity (Wildman–Crippen MR) is 98.4 cm³/mol. The fourth-order valence-electron chi connectivity index (χ4n) is 3.89. The zero-order valence-electron chi connectivity index (χ0n) is 15.0. The van der Waals surface area contributed by atoms with Crippen molar-refractivity contribution in [1.82, 2.24) is 25.1 Å². The van der Waals surface area contributed by atoms with Gasteiger partial charge in [0.2, 0.25) is 0 Å². The van der Waals surface area contributed by atoms with Crippen LogP contribution in [-0.2, 0) is 6.18 Å². The number of anilines is 1. The van der Waals surface area contributed by atoms with Gasteiger partial charge in [-0.2, -0.15) is 13.2 Å². The van der Waals surface area contributed by atoms with Gasteiger partial charge in [-0.25, -0.2) is 9.97 Å². The number of aromatic nitrogens is 5. The molecule has 1 aliphatic carbocycles. The van der Waals surface area contributed by atoms with Crippen LogP contribution in [0.15, 0.2) is 36.2 Å². The van der Waals surface area contributed by atoms with Gasteiger partial charge in [0.05, 0.1) is 19.0 Å². The molecule has 0 bridgehead atoms. The van der Waals surface area contributed by atoms with Crippen LogP contribution >= 0.6 is 11.3 Å². The van der Waals surface area contributed by atoms with E-state index in [1.807, 2.05) is 0 Å². The van der Waals surface area contributed by atoms with Crippen LogP contribution in [0.2, 0.25) is 0 Å². The van der Waals surface area contributed by atoms with E-state index >= 15 is 0 Å². The molecule has 29 heavy (non-hydrogen) atoms. The minimum Gasteiger partial charge on any atom is -0.491 e. The summed E-state index contributed by atoms with van der Waals surface area (Å²) in [6.45, 7) is 1.83. The Labute approximate surface area is 167 Å². The first-order chi connectivity index (χ1) is 14.0. The van der Waals surface area contributed by atoms with Gasteiger partial charge in [0.15, 0.2) is 10.7 Å². The Hall–Kier alpha value is -2.82. The van der Waals surface area contributed by atoms with E-state index in [1.54, 1.807) is 17.9 Å². The molecule has 3 atom stereocenters. The van der Waals surface area contributed by atoms with E-state index in [4.69, 9.17) is 4.74 Å². The van der Waals surface area contributed by atoms with E-state index in [-0.39, 0.29) is 18.3 Å². The van der Waals surface area contributed by atoms with Crippen molar-refractivity contribution in [3.63, 3.8) is 0 Å². The summed E-state index contributed by atoms with van der Waals surface area (Å²) in [5.41, 5.74) is 1.35. The lowest BCUT2D eigenvalue weighted by atomic mass is 10.2. The monoisotopic (exact) mass is 420 g/mol. The van der Waals surface area contributed by atoms with Crippen molar-refractivity contribution < 1.29 is 17.9 Å². The number of alkyl halides is 3. The molecular formula is C18H15F3N6OS. The highest BCUT2D eigenvalue weighted by Crippen LogP contribution is 2.52. The molecule has 2 aliphatic rings. The minimum atomic E-state index is -4.52. The molecule has 0 amide bonds. The molecule has 4 heterocycles. The van der Waals surface area contributed by atoms with Crippen molar-refractivity contribution >= 4 is 17.2 Å². The molecule has 0 spiro atoms. The quantitative estimate of drug-likeness (QED) is 0.627. The molecule has 1 saturated heterocycles. The van der Waals surface area contributed by atoms with Gasteiger partial charge in [0.1, 0.15) is 22.8 Å². The molecule has 150 valence electrons. The van der Waals surface area contributed by atoms with E-state index in [2.05, 4.69) is 30.0 Å². The topological polar surface area (TPSA) is 76.9 Å².